The van der Waals surface area contributed by atoms with Gasteiger partial charge in [-0.1, -0.05) is 30.3 Å². The van der Waals surface area contributed by atoms with Crippen LogP contribution < -0.4 is 5.32 Å². The Kier molecular flexibility index (Phi) is 12.3. The fourth-order valence-electron chi connectivity index (χ4n) is 3.49. The number of ether oxygens (including phenoxy) is 7. The Labute approximate surface area is 224 Å². The molecule has 0 bridgehead atoms. The minimum Gasteiger partial charge on any atom is -0.463 e. The largest absolute Gasteiger partial charge is 0.463 e. The summed E-state index contributed by atoms with van der Waals surface area (Å²) in [5.41, 5.74) is 0.768. The zero-order valence-electron chi connectivity index (χ0n) is 21.9. The van der Waals surface area contributed by atoms with E-state index in [9.17, 15) is 28.8 Å². The van der Waals surface area contributed by atoms with Crippen molar-refractivity contribution in [3.05, 3.63) is 35.9 Å². The second kappa shape index (κ2) is 15.4. The van der Waals surface area contributed by atoms with E-state index < -0.39 is 86.2 Å². The molecule has 1 fully saturated rings. The van der Waals surface area contributed by atoms with Crippen LogP contribution in [0.25, 0.3) is 0 Å². The SMILES string of the molecule is CC(=O)OCC1OC(OCC(=O)NCC(=O)OCc2ccccc2)C(OC(C)=O)C(OC(C)=O)C1OC(C)=O. The second-order valence-electron chi connectivity index (χ2n) is 8.30. The molecular weight excluding hydrogens is 522 g/mol. The maximum atomic E-state index is 12.3. The normalized spacial score (nSPS) is 22.1. The molecule has 2 rings (SSSR count). The number of benzene rings is 1. The number of carbonyl (C=O) groups excluding carboxylic acids is 6. The highest BCUT2D eigenvalue weighted by Crippen LogP contribution is 2.30. The van der Waals surface area contributed by atoms with Crippen molar-refractivity contribution >= 4 is 35.8 Å². The topological polar surface area (TPSA) is 179 Å². The Morgan fingerprint density at radius 3 is 1.95 bits per heavy atom. The highest BCUT2D eigenvalue weighted by Gasteiger charge is 2.52. The van der Waals surface area contributed by atoms with Crippen LogP contribution in [0.3, 0.4) is 0 Å². The number of hydrogen-bond donors (Lipinski definition) is 1. The fraction of sp³-hybridized carbons (Fsp3) is 0.520. The van der Waals surface area contributed by atoms with Crippen molar-refractivity contribution in [2.24, 2.45) is 0 Å². The molecule has 0 spiro atoms. The molecule has 1 amide bonds. The molecule has 0 saturated carbocycles. The van der Waals surface area contributed by atoms with Crippen LogP contribution in [0.1, 0.15) is 33.3 Å². The molecular formula is C25H31NO13. The van der Waals surface area contributed by atoms with Crippen LogP contribution in [-0.2, 0) is 68.5 Å². The van der Waals surface area contributed by atoms with Gasteiger partial charge < -0.3 is 38.5 Å². The highest BCUT2D eigenvalue weighted by molar-refractivity contribution is 5.82. The lowest BCUT2D eigenvalue weighted by atomic mass is 9.98. The predicted octanol–water partition coefficient (Wildman–Crippen LogP) is -0.0543. The molecule has 214 valence electrons. The van der Waals surface area contributed by atoms with E-state index in [0.29, 0.717) is 0 Å². The maximum absolute atomic E-state index is 12.3. The third-order valence-electron chi connectivity index (χ3n) is 5.00. The van der Waals surface area contributed by atoms with Crippen molar-refractivity contribution in [3.8, 4) is 0 Å². The zero-order chi connectivity index (χ0) is 28.9. The molecule has 1 saturated heterocycles. The van der Waals surface area contributed by atoms with E-state index >= 15 is 0 Å². The van der Waals surface area contributed by atoms with Gasteiger partial charge in [-0.15, -0.1) is 0 Å². The molecule has 0 aromatic heterocycles. The molecule has 14 heteroatoms. The van der Waals surface area contributed by atoms with Crippen LogP contribution in [0.2, 0.25) is 0 Å². The average Bonchev–Trinajstić information content (AvgIpc) is 2.86. The summed E-state index contributed by atoms with van der Waals surface area (Å²) in [6, 6.07) is 8.93. The quantitative estimate of drug-likeness (QED) is 0.269. The standard InChI is InChI=1S/C25H31NO13/c1-14(27)33-12-19-22(36-15(2)28)23(37-16(3)29)24(38-17(4)30)25(39-19)35-13-20(31)26-10-21(32)34-11-18-8-6-5-7-9-18/h5-9,19,22-25H,10-13H2,1-4H3,(H,26,31). The lowest BCUT2D eigenvalue weighted by molar-refractivity contribution is -0.306. The number of esters is 5. The monoisotopic (exact) mass is 553 g/mol. The Hall–Kier alpha value is -4.04. The third kappa shape index (κ3) is 11.1. The van der Waals surface area contributed by atoms with Crippen molar-refractivity contribution in [3.63, 3.8) is 0 Å². The Balaban J connectivity index is 2.08. The van der Waals surface area contributed by atoms with Gasteiger partial charge in [0.1, 0.15) is 32.5 Å². The third-order valence-corrected chi connectivity index (χ3v) is 5.00. The van der Waals surface area contributed by atoms with E-state index in [1.165, 1.54) is 0 Å². The van der Waals surface area contributed by atoms with Crippen molar-refractivity contribution in [1.82, 2.24) is 5.32 Å². The van der Waals surface area contributed by atoms with Gasteiger partial charge in [0.15, 0.2) is 24.6 Å². The number of hydrogen-bond acceptors (Lipinski definition) is 13. The van der Waals surface area contributed by atoms with Crippen LogP contribution in [0, 0.1) is 0 Å². The summed E-state index contributed by atoms with van der Waals surface area (Å²) in [4.78, 5) is 71.0. The average molecular weight is 554 g/mol. The van der Waals surface area contributed by atoms with Gasteiger partial charge in [0, 0.05) is 27.7 Å². The molecule has 5 atom stereocenters. The summed E-state index contributed by atoms with van der Waals surface area (Å²) < 4.78 is 37.0. The molecule has 1 aliphatic rings. The molecule has 1 aromatic rings. The number of nitrogens with one attached hydrogen (secondary N) is 1. The number of carbonyl (C=O) groups is 6. The molecule has 14 nitrogen and oxygen atoms in total. The first-order valence-corrected chi connectivity index (χ1v) is 11.8. The summed E-state index contributed by atoms with van der Waals surface area (Å²) >= 11 is 0. The Bertz CT molecular complexity index is 1030. The summed E-state index contributed by atoms with van der Waals surface area (Å²) in [5.74, 6) is -4.54. The van der Waals surface area contributed by atoms with Gasteiger partial charge >= 0.3 is 29.8 Å². The predicted molar refractivity (Wildman–Crippen MR) is 127 cm³/mol. The summed E-state index contributed by atoms with van der Waals surface area (Å²) in [5, 5.41) is 2.32. The number of amides is 1. The van der Waals surface area contributed by atoms with Gasteiger partial charge in [-0.25, -0.2) is 0 Å². The van der Waals surface area contributed by atoms with Gasteiger partial charge in [-0.05, 0) is 5.56 Å². The molecule has 39 heavy (non-hydrogen) atoms. The van der Waals surface area contributed by atoms with Crippen molar-refractivity contribution in [2.45, 2.75) is 65.0 Å². The maximum Gasteiger partial charge on any atom is 0.325 e. The Morgan fingerprint density at radius 2 is 1.36 bits per heavy atom. The van der Waals surface area contributed by atoms with Crippen LogP contribution in [0.4, 0.5) is 0 Å². The van der Waals surface area contributed by atoms with Gasteiger partial charge in [-0.3, -0.25) is 28.8 Å². The molecule has 1 N–H and O–H groups in total. The van der Waals surface area contributed by atoms with Gasteiger partial charge in [0.05, 0.1) is 0 Å². The first kappa shape index (κ1) is 31.2. The molecule has 0 aliphatic carbocycles. The van der Waals surface area contributed by atoms with Gasteiger partial charge in [-0.2, -0.15) is 0 Å². The van der Waals surface area contributed by atoms with E-state index in [2.05, 4.69) is 5.32 Å². The van der Waals surface area contributed by atoms with Crippen molar-refractivity contribution < 1.29 is 61.9 Å². The van der Waals surface area contributed by atoms with E-state index in [-0.39, 0.29) is 6.61 Å². The lowest BCUT2D eigenvalue weighted by Crippen LogP contribution is -2.63. The minimum absolute atomic E-state index is 0.0246. The molecule has 1 aliphatic heterocycles. The van der Waals surface area contributed by atoms with E-state index in [1.807, 2.05) is 6.07 Å². The van der Waals surface area contributed by atoms with Crippen LogP contribution in [-0.4, -0.2) is 86.2 Å². The van der Waals surface area contributed by atoms with Gasteiger partial charge in [0.2, 0.25) is 5.91 Å². The summed E-state index contributed by atoms with van der Waals surface area (Å²) in [7, 11) is 0. The van der Waals surface area contributed by atoms with E-state index in [0.717, 1.165) is 33.3 Å². The zero-order valence-corrected chi connectivity index (χ0v) is 21.9. The lowest BCUT2D eigenvalue weighted by Gasteiger charge is -2.43. The highest BCUT2D eigenvalue weighted by atomic mass is 16.7. The molecule has 5 unspecified atom stereocenters. The summed E-state index contributed by atoms with van der Waals surface area (Å²) in [6.45, 7) is 2.82. The van der Waals surface area contributed by atoms with Gasteiger partial charge in [0.25, 0.3) is 0 Å². The van der Waals surface area contributed by atoms with Crippen molar-refractivity contribution in [1.29, 1.82) is 0 Å². The molecule has 0 radical (unpaired) electrons. The van der Waals surface area contributed by atoms with Crippen LogP contribution >= 0.6 is 0 Å². The number of rotatable bonds is 12. The Morgan fingerprint density at radius 1 is 0.769 bits per heavy atom. The van der Waals surface area contributed by atoms with E-state index in [4.69, 9.17) is 33.2 Å². The van der Waals surface area contributed by atoms with Crippen LogP contribution in [0.5, 0.6) is 0 Å². The van der Waals surface area contributed by atoms with E-state index in [1.54, 1.807) is 24.3 Å². The summed E-state index contributed by atoms with van der Waals surface area (Å²) in [6.07, 6.45) is -7.03. The van der Waals surface area contributed by atoms with Crippen molar-refractivity contribution in [2.75, 3.05) is 19.8 Å². The van der Waals surface area contributed by atoms with Crippen LogP contribution in [0.15, 0.2) is 30.3 Å². The first-order valence-electron chi connectivity index (χ1n) is 11.8. The molecule has 1 aromatic carbocycles. The molecule has 1 heterocycles. The fourth-order valence-corrected chi connectivity index (χ4v) is 3.49. The minimum atomic E-state index is -1.53. The second-order valence-corrected chi connectivity index (χ2v) is 8.30. The first-order chi connectivity index (χ1) is 18.5. The smallest absolute Gasteiger partial charge is 0.325 e.